The SMILES string of the molecule is O=c1[nH]ccn1-c1ccc(OCc2ccccc2)cc1. The van der Waals surface area contributed by atoms with Crippen LogP contribution in [-0.2, 0) is 6.61 Å². The number of H-pyrrole nitrogens is 1. The second kappa shape index (κ2) is 5.48. The number of nitrogens with zero attached hydrogens (tertiary/aromatic N) is 1. The van der Waals surface area contributed by atoms with Crippen molar-refractivity contribution in [1.82, 2.24) is 9.55 Å². The van der Waals surface area contributed by atoms with Crippen molar-refractivity contribution in [3.8, 4) is 11.4 Å². The van der Waals surface area contributed by atoms with Crippen LogP contribution in [0.2, 0.25) is 0 Å². The van der Waals surface area contributed by atoms with Gasteiger partial charge in [-0.3, -0.25) is 4.57 Å². The van der Waals surface area contributed by atoms with Crippen molar-refractivity contribution < 1.29 is 4.74 Å². The lowest BCUT2D eigenvalue weighted by Crippen LogP contribution is -2.13. The van der Waals surface area contributed by atoms with E-state index in [0.717, 1.165) is 17.0 Å². The van der Waals surface area contributed by atoms with Crippen LogP contribution in [0.4, 0.5) is 0 Å². The van der Waals surface area contributed by atoms with Gasteiger partial charge in [0.2, 0.25) is 0 Å². The molecule has 0 saturated heterocycles. The van der Waals surface area contributed by atoms with Crippen molar-refractivity contribution in [2.45, 2.75) is 6.61 Å². The first-order chi connectivity index (χ1) is 9.83. The highest BCUT2D eigenvalue weighted by Gasteiger charge is 2.00. The first kappa shape index (κ1) is 12.3. The maximum atomic E-state index is 11.5. The van der Waals surface area contributed by atoms with Crippen LogP contribution in [0.1, 0.15) is 5.56 Å². The van der Waals surface area contributed by atoms with Crippen LogP contribution in [0.15, 0.2) is 71.8 Å². The average molecular weight is 266 g/mol. The zero-order valence-corrected chi connectivity index (χ0v) is 10.8. The number of nitrogens with one attached hydrogen (secondary N) is 1. The first-order valence-electron chi connectivity index (χ1n) is 6.36. The third kappa shape index (κ3) is 2.64. The quantitative estimate of drug-likeness (QED) is 0.789. The maximum absolute atomic E-state index is 11.5. The molecule has 1 heterocycles. The van der Waals surface area contributed by atoms with Gasteiger partial charge >= 0.3 is 5.69 Å². The number of ether oxygens (including phenoxy) is 1. The van der Waals surface area contributed by atoms with E-state index in [4.69, 9.17) is 4.74 Å². The number of aromatic amines is 1. The summed E-state index contributed by atoms with van der Waals surface area (Å²) in [5, 5.41) is 0. The van der Waals surface area contributed by atoms with E-state index >= 15 is 0 Å². The second-order valence-corrected chi connectivity index (χ2v) is 4.40. The number of imidazole rings is 1. The van der Waals surface area contributed by atoms with E-state index in [1.807, 2.05) is 54.6 Å². The Kier molecular flexibility index (Phi) is 3.37. The smallest absolute Gasteiger partial charge is 0.330 e. The summed E-state index contributed by atoms with van der Waals surface area (Å²) >= 11 is 0. The Morgan fingerprint density at radius 1 is 1.00 bits per heavy atom. The van der Waals surface area contributed by atoms with Crippen molar-refractivity contribution in [3.63, 3.8) is 0 Å². The van der Waals surface area contributed by atoms with E-state index in [1.54, 1.807) is 17.0 Å². The van der Waals surface area contributed by atoms with Crippen LogP contribution in [0, 0.1) is 0 Å². The lowest BCUT2D eigenvalue weighted by molar-refractivity contribution is 0.306. The summed E-state index contributed by atoms with van der Waals surface area (Å²) in [6.07, 6.45) is 3.31. The molecule has 20 heavy (non-hydrogen) atoms. The standard InChI is InChI=1S/C16H14N2O2/c19-16-17-10-11-18(16)14-6-8-15(9-7-14)20-12-13-4-2-1-3-5-13/h1-11H,12H2,(H,17,19). The van der Waals surface area contributed by atoms with Gasteiger partial charge in [0.05, 0.1) is 5.69 Å². The van der Waals surface area contributed by atoms with Crippen molar-refractivity contribution >= 4 is 0 Å². The molecule has 0 spiro atoms. The molecular formula is C16H14N2O2. The molecular weight excluding hydrogens is 252 g/mol. The number of benzene rings is 2. The second-order valence-electron chi connectivity index (χ2n) is 4.40. The van der Waals surface area contributed by atoms with E-state index in [-0.39, 0.29) is 5.69 Å². The van der Waals surface area contributed by atoms with Gasteiger partial charge in [-0.05, 0) is 29.8 Å². The zero-order chi connectivity index (χ0) is 13.8. The third-order valence-corrected chi connectivity index (χ3v) is 3.01. The molecule has 0 aliphatic heterocycles. The molecule has 0 aliphatic rings. The van der Waals surface area contributed by atoms with Gasteiger partial charge in [0.25, 0.3) is 0 Å². The Bertz CT molecular complexity index is 727. The van der Waals surface area contributed by atoms with E-state index in [9.17, 15) is 4.79 Å². The summed E-state index contributed by atoms with van der Waals surface area (Å²) in [5.74, 6) is 0.779. The summed E-state index contributed by atoms with van der Waals surface area (Å²) in [4.78, 5) is 14.1. The van der Waals surface area contributed by atoms with Crippen molar-refractivity contribution in [1.29, 1.82) is 0 Å². The lowest BCUT2D eigenvalue weighted by Gasteiger charge is -2.07. The number of rotatable bonds is 4. The average Bonchev–Trinajstić information content (AvgIpc) is 2.93. The lowest BCUT2D eigenvalue weighted by atomic mass is 10.2. The van der Waals surface area contributed by atoms with Gasteiger partial charge in [-0.25, -0.2) is 4.79 Å². The molecule has 0 aliphatic carbocycles. The van der Waals surface area contributed by atoms with Crippen molar-refractivity contribution in [3.05, 3.63) is 83.0 Å². The molecule has 4 heteroatoms. The predicted molar refractivity (Wildman–Crippen MR) is 77.2 cm³/mol. The van der Waals surface area contributed by atoms with Crippen molar-refractivity contribution in [2.75, 3.05) is 0 Å². The molecule has 0 saturated carbocycles. The fraction of sp³-hybridized carbons (Fsp3) is 0.0625. The maximum Gasteiger partial charge on any atom is 0.330 e. The van der Waals surface area contributed by atoms with E-state index in [1.165, 1.54) is 0 Å². The van der Waals surface area contributed by atoms with E-state index in [2.05, 4.69) is 4.98 Å². The molecule has 1 aromatic heterocycles. The van der Waals surface area contributed by atoms with Gasteiger partial charge in [0.1, 0.15) is 12.4 Å². The Hall–Kier alpha value is -2.75. The fourth-order valence-electron chi connectivity index (χ4n) is 1.97. The van der Waals surface area contributed by atoms with Gasteiger partial charge in [0.15, 0.2) is 0 Å². The van der Waals surface area contributed by atoms with Gasteiger partial charge in [-0.15, -0.1) is 0 Å². The fourth-order valence-corrected chi connectivity index (χ4v) is 1.97. The molecule has 0 atom stereocenters. The molecule has 0 unspecified atom stereocenters. The highest BCUT2D eigenvalue weighted by Crippen LogP contribution is 2.15. The molecule has 4 nitrogen and oxygen atoms in total. The number of hydrogen-bond donors (Lipinski definition) is 1. The van der Waals surface area contributed by atoms with E-state index in [0.29, 0.717) is 6.61 Å². The summed E-state index contributed by atoms with van der Waals surface area (Å²) in [7, 11) is 0. The normalized spacial score (nSPS) is 10.4. The molecule has 1 N–H and O–H groups in total. The van der Waals surface area contributed by atoms with Gasteiger partial charge in [-0.2, -0.15) is 0 Å². The molecule has 0 fully saturated rings. The Morgan fingerprint density at radius 3 is 2.40 bits per heavy atom. The monoisotopic (exact) mass is 266 g/mol. The minimum atomic E-state index is -0.150. The van der Waals surface area contributed by atoms with Gasteiger partial charge in [0, 0.05) is 12.4 Å². The van der Waals surface area contributed by atoms with Crippen LogP contribution in [0.25, 0.3) is 5.69 Å². The van der Waals surface area contributed by atoms with E-state index < -0.39 is 0 Å². The topological polar surface area (TPSA) is 47.0 Å². The number of hydrogen-bond acceptors (Lipinski definition) is 2. The van der Waals surface area contributed by atoms with Gasteiger partial charge < -0.3 is 9.72 Å². The summed E-state index contributed by atoms with van der Waals surface area (Å²) in [5.41, 5.74) is 1.78. The molecule has 100 valence electrons. The molecule has 0 bridgehead atoms. The summed E-state index contributed by atoms with van der Waals surface area (Å²) < 4.78 is 7.24. The summed E-state index contributed by atoms with van der Waals surface area (Å²) in [6, 6.07) is 17.4. The molecule has 3 aromatic rings. The number of aromatic nitrogens is 2. The largest absolute Gasteiger partial charge is 0.489 e. The molecule has 0 radical (unpaired) electrons. The van der Waals surface area contributed by atoms with Crippen LogP contribution in [-0.4, -0.2) is 9.55 Å². The van der Waals surface area contributed by atoms with Crippen LogP contribution >= 0.6 is 0 Å². The Morgan fingerprint density at radius 2 is 1.75 bits per heavy atom. The summed E-state index contributed by atoms with van der Waals surface area (Å²) in [6.45, 7) is 0.532. The van der Waals surface area contributed by atoms with Crippen LogP contribution < -0.4 is 10.4 Å². The minimum Gasteiger partial charge on any atom is -0.489 e. The Labute approximate surface area is 116 Å². The van der Waals surface area contributed by atoms with Gasteiger partial charge in [-0.1, -0.05) is 30.3 Å². The molecule has 0 amide bonds. The van der Waals surface area contributed by atoms with Crippen LogP contribution in [0.5, 0.6) is 5.75 Å². The van der Waals surface area contributed by atoms with Crippen molar-refractivity contribution in [2.24, 2.45) is 0 Å². The Balaban J connectivity index is 1.71. The highest BCUT2D eigenvalue weighted by atomic mass is 16.5. The molecule has 2 aromatic carbocycles. The highest BCUT2D eigenvalue weighted by molar-refractivity contribution is 5.37. The first-order valence-corrected chi connectivity index (χ1v) is 6.36. The van der Waals surface area contributed by atoms with Crippen LogP contribution in [0.3, 0.4) is 0 Å². The third-order valence-electron chi connectivity index (χ3n) is 3.01. The zero-order valence-electron chi connectivity index (χ0n) is 10.8. The predicted octanol–water partition coefficient (Wildman–Crippen LogP) is 2.74. The minimum absolute atomic E-state index is 0.150. The molecule has 3 rings (SSSR count).